The Labute approximate surface area is 351 Å². The molecule has 59 heavy (non-hydrogen) atoms. The van der Waals surface area contributed by atoms with Crippen LogP contribution in [0.4, 0.5) is 0 Å². The highest BCUT2D eigenvalue weighted by Gasteiger charge is 2.46. The normalized spacial score (nSPS) is 18.7. The minimum atomic E-state index is -1.82. The van der Waals surface area contributed by atoms with Crippen molar-refractivity contribution in [1.82, 2.24) is 30.2 Å². The SMILES string of the molecule is CN(CCCn1nnc2cc(CNC[C@H](O)c3ccc(O)c4[nH]c(=O)ccc34)c3c(c21)CCC3)[C@H]1CC[C@H](OC(=O)C(O)(c2cccs2)c2ccc(C(C)(C)C)s2)CC1. The second kappa shape index (κ2) is 16.9. The summed E-state index contributed by atoms with van der Waals surface area (Å²) < 4.78 is 8.17. The van der Waals surface area contributed by atoms with E-state index in [1.54, 1.807) is 12.1 Å². The van der Waals surface area contributed by atoms with Gasteiger partial charge in [0.1, 0.15) is 17.4 Å². The number of aromatic hydroxyl groups is 1. The minimum absolute atomic E-state index is 0.0319. The fourth-order valence-electron chi connectivity index (χ4n) is 8.90. The van der Waals surface area contributed by atoms with Crippen LogP contribution in [0.3, 0.4) is 0 Å². The van der Waals surface area contributed by atoms with Gasteiger partial charge in [-0.2, -0.15) is 0 Å². The number of nitrogens with one attached hydrogen (secondary N) is 2. The Kier molecular flexibility index (Phi) is 11.8. The van der Waals surface area contributed by atoms with Crippen molar-refractivity contribution >= 4 is 50.6 Å². The number of aromatic nitrogens is 4. The molecule has 4 heterocycles. The summed E-state index contributed by atoms with van der Waals surface area (Å²) in [5.41, 5.74) is 4.56. The molecule has 1 saturated carbocycles. The van der Waals surface area contributed by atoms with E-state index in [0.29, 0.717) is 45.4 Å². The molecule has 2 aliphatic carbocycles. The molecule has 12 nitrogen and oxygen atoms in total. The number of phenols is 1. The highest BCUT2D eigenvalue weighted by Crippen LogP contribution is 2.42. The number of hydrogen-bond donors (Lipinski definition) is 5. The molecule has 0 radical (unpaired) electrons. The first kappa shape index (κ1) is 41.3. The molecule has 2 aromatic carbocycles. The van der Waals surface area contributed by atoms with Crippen molar-refractivity contribution in [3.8, 4) is 5.75 Å². The first-order valence-corrected chi connectivity index (χ1v) is 22.4. The van der Waals surface area contributed by atoms with Gasteiger partial charge in [-0.25, -0.2) is 9.48 Å². The summed E-state index contributed by atoms with van der Waals surface area (Å²) in [6.45, 7) is 8.93. The summed E-state index contributed by atoms with van der Waals surface area (Å²) in [7, 11) is 2.18. The molecule has 6 aromatic rings. The summed E-state index contributed by atoms with van der Waals surface area (Å²) in [5, 5.41) is 48.4. The maximum Gasteiger partial charge on any atom is 0.349 e. The molecule has 0 bridgehead atoms. The average Bonchev–Trinajstić information content (AvgIpc) is 4.05. The zero-order valence-electron chi connectivity index (χ0n) is 34.2. The number of pyridine rings is 1. The number of phenolic OH excluding ortho intramolecular Hbond substituents is 1. The third-order valence-electron chi connectivity index (χ3n) is 12.2. The van der Waals surface area contributed by atoms with E-state index in [0.717, 1.165) is 80.4 Å². The number of nitrogens with zero attached hydrogens (tertiary/aromatic N) is 4. The van der Waals surface area contributed by atoms with Gasteiger partial charge in [0.2, 0.25) is 11.2 Å². The van der Waals surface area contributed by atoms with Gasteiger partial charge >= 0.3 is 5.97 Å². The number of fused-ring (bicyclic) bond motifs is 4. The van der Waals surface area contributed by atoms with E-state index in [-0.39, 0.29) is 22.8 Å². The lowest BCUT2D eigenvalue weighted by molar-refractivity contribution is -0.169. The zero-order valence-corrected chi connectivity index (χ0v) is 35.8. The Bertz CT molecular complexity index is 2500. The number of aryl methyl sites for hydroxylation is 2. The first-order valence-electron chi connectivity index (χ1n) is 20.7. The van der Waals surface area contributed by atoms with Gasteiger partial charge in [-0.1, -0.05) is 38.1 Å². The molecule has 2 aliphatic rings. The number of benzene rings is 2. The first-order chi connectivity index (χ1) is 28.3. The fourth-order valence-corrected chi connectivity index (χ4v) is 10.9. The number of carbonyl (C=O) groups excluding carboxylic acids is 1. The molecule has 2 atom stereocenters. The topological polar surface area (TPSA) is 166 Å². The van der Waals surface area contributed by atoms with Crippen molar-refractivity contribution in [3.05, 3.63) is 107 Å². The summed E-state index contributed by atoms with van der Waals surface area (Å²) in [6.07, 6.45) is 6.24. The molecular formula is C45H54N6O6S2. The van der Waals surface area contributed by atoms with Crippen molar-refractivity contribution in [1.29, 1.82) is 0 Å². The molecule has 0 aliphatic heterocycles. The van der Waals surface area contributed by atoms with E-state index >= 15 is 0 Å². The van der Waals surface area contributed by atoms with Gasteiger partial charge < -0.3 is 35.3 Å². The summed E-state index contributed by atoms with van der Waals surface area (Å²) in [4.78, 5) is 33.0. The Morgan fingerprint density at radius 2 is 1.83 bits per heavy atom. The van der Waals surface area contributed by atoms with Crippen molar-refractivity contribution in [2.45, 2.75) is 114 Å². The van der Waals surface area contributed by atoms with Crippen molar-refractivity contribution in [2.75, 3.05) is 20.1 Å². The average molecular weight is 839 g/mol. The van der Waals surface area contributed by atoms with Crippen LogP contribution in [0, 0.1) is 0 Å². The zero-order chi connectivity index (χ0) is 41.5. The van der Waals surface area contributed by atoms with Crippen LogP contribution in [0.15, 0.2) is 64.8 Å². The van der Waals surface area contributed by atoms with Gasteiger partial charge in [0.05, 0.1) is 26.9 Å². The summed E-state index contributed by atoms with van der Waals surface area (Å²) >= 11 is 2.84. The van der Waals surface area contributed by atoms with E-state index < -0.39 is 17.7 Å². The minimum Gasteiger partial charge on any atom is -0.506 e. The third kappa shape index (κ3) is 8.35. The smallest absolute Gasteiger partial charge is 0.349 e. The van der Waals surface area contributed by atoms with Crippen LogP contribution < -0.4 is 10.9 Å². The molecule has 1 fully saturated rings. The lowest BCUT2D eigenvalue weighted by Gasteiger charge is -2.35. The number of ether oxygens (including phenoxy) is 1. The Balaban J connectivity index is 0.843. The van der Waals surface area contributed by atoms with Crippen LogP contribution in [0.25, 0.3) is 21.9 Å². The number of aromatic amines is 1. The van der Waals surface area contributed by atoms with Gasteiger partial charge in [-0.3, -0.25) is 4.79 Å². The molecule has 0 saturated heterocycles. The van der Waals surface area contributed by atoms with Crippen molar-refractivity contribution < 1.29 is 24.9 Å². The van der Waals surface area contributed by atoms with Crippen LogP contribution in [0.2, 0.25) is 0 Å². The number of rotatable bonds is 14. The number of aliphatic hydroxyl groups excluding tert-OH is 1. The Morgan fingerprint density at radius 1 is 1.05 bits per heavy atom. The number of H-pyrrole nitrogens is 1. The lowest BCUT2D eigenvalue weighted by Crippen LogP contribution is -2.42. The number of aliphatic hydroxyl groups is 2. The van der Waals surface area contributed by atoms with E-state index in [1.165, 1.54) is 51.5 Å². The molecule has 8 rings (SSSR count). The van der Waals surface area contributed by atoms with Gasteiger partial charge in [-0.15, -0.1) is 27.8 Å². The summed E-state index contributed by atoms with van der Waals surface area (Å²) in [5.74, 6) is -0.622. The summed E-state index contributed by atoms with van der Waals surface area (Å²) in [6, 6.07) is 16.3. The second-order valence-electron chi connectivity index (χ2n) is 17.2. The van der Waals surface area contributed by atoms with Crippen molar-refractivity contribution in [3.63, 3.8) is 0 Å². The molecular weight excluding hydrogens is 785 g/mol. The molecule has 1 unspecified atom stereocenters. The third-order valence-corrected chi connectivity index (χ3v) is 14.8. The molecule has 0 spiro atoms. The van der Waals surface area contributed by atoms with Gasteiger partial charge in [-0.05, 0) is 134 Å². The monoisotopic (exact) mass is 838 g/mol. The van der Waals surface area contributed by atoms with E-state index in [9.17, 15) is 24.9 Å². The van der Waals surface area contributed by atoms with E-state index in [1.807, 2.05) is 29.6 Å². The maximum atomic E-state index is 13.8. The van der Waals surface area contributed by atoms with Crippen molar-refractivity contribution in [2.24, 2.45) is 0 Å². The number of carbonyl (C=O) groups is 1. The molecule has 5 N–H and O–H groups in total. The number of thiophene rings is 2. The lowest BCUT2D eigenvalue weighted by atomic mass is 9.91. The maximum absolute atomic E-state index is 13.8. The van der Waals surface area contributed by atoms with Gasteiger partial charge in [0, 0.05) is 42.0 Å². The van der Waals surface area contributed by atoms with E-state index in [2.05, 4.69) is 64.1 Å². The largest absolute Gasteiger partial charge is 0.506 e. The Morgan fingerprint density at radius 3 is 2.58 bits per heavy atom. The van der Waals surface area contributed by atoms with Crippen LogP contribution in [0.5, 0.6) is 5.75 Å². The molecule has 14 heteroatoms. The molecule has 4 aromatic heterocycles. The second-order valence-corrected chi connectivity index (χ2v) is 19.3. The standard InChI is InChI=1S/C45H54N6O6S2/c1-44(2,3)37-18-19-39(59-37)45(56,38-10-6-23-58-38)43(55)57-29-13-11-28(12-14-29)50(4)21-7-22-51-42-33-9-5-8-30(33)27(24-34(42)48-49-51)25-46-26-36(53)31-15-17-35(52)41-32(31)16-20-40(54)47-41/h6,10,15-20,23-24,28-29,36,46,52-53,56H,5,7-9,11-14,21-22,25-26H2,1-4H3,(H,47,54)/t28-,29-,36-,45?/m0/s1. The van der Waals surface area contributed by atoms with Crippen LogP contribution in [-0.4, -0.2) is 78.4 Å². The quantitative estimate of drug-likeness (QED) is 0.0735. The predicted octanol–water partition coefficient (Wildman–Crippen LogP) is 6.82. The Hall–Kier alpha value is -4.44. The van der Waals surface area contributed by atoms with Gasteiger partial charge in [0.25, 0.3) is 0 Å². The molecule has 312 valence electrons. The highest BCUT2D eigenvalue weighted by molar-refractivity contribution is 7.13. The van der Waals surface area contributed by atoms with Crippen LogP contribution in [-0.2, 0) is 46.5 Å². The van der Waals surface area contributed by atoms with E-state index in [4.69, 9.17) is 4.74 Å². The number of esters is 1. The molecule has 0 amide bonds. The number of hydrogen-bond acceptors (Lipinski definition) is 12. The van der Waals surface area contributed by atoms with Gasteiger partial charge in [0.15, 0.2) is 0 Å². The van der Waals surface area contributed by atoms with Crippen LogP contribution in [0.1, 0.15) is 102 Å². The predicted molar refractivity (Wildman–Crippen MR) is 232 cm³/mol. The fraction of sp³-hybridized carbons (Fsp3) is 0.467. The highest BCUT2D eigenvalue weighted by atomic mass is 32.1. The van der Waals surface area contributed by atoms with Crippen LogP contribution >= 0.6 is 22.7 Å².